The molecule has 0 amide bonds. The third kappa shape index (κ3) is 3.14. The van der Waals surface area contributed by atoms with Crippen LogP contribution in [0.1, 0.15) is 32.6 Å². The summed E-state index contributed by atoms with van der Waals surface area (Å²) in [4.78, 5) is 0. The molecule has 82 valence electrons. The highest BCUT2D eigenvalue weighted by Gasteiger charge is 2.21. The lowest BCUT2D eigenvalue weighted by Crippen LogP contribution is -2.45. The quantitative estimate of drug-likeness (QED) is 0.758. The molecular weight excluding hydrogens is 194 g/mol. The molecule has 14 heavy (non-hydrogen) atoms. The van der Waals surface area contributed by atoms with Gasteiger partial charge in [-0.15, -0.1) is 0 Å². The molecule has 2 aliphatic rings. The van der Waals surface area contributed by atoms with Crippen molar-refractivity contribution in [1.29, 1.82) is 0 Å². The fraction of sp³-hybridized carbons (Fsp3) is 1.00. The van der Waals surface area contributed by atoms with Crippen LogP contribution in [0.5, 0.6) is 0 Å². The molecule has 0 bridgehead atoms. The summed E-state index contributed by atoms with van der Waals surface area (Å²) < 4.78 is 5.62. The standard InChI is InChI=1S/C11H21NOS/c1-9(12-10-7-14-8-10)4-5-11-3-2-6-13-11/h9-12H,2-8H2,1H3. The maximum Gasteiger partial charge on any atom is 0.0576 e. The minimum atomic E-state index is 0.565. The smallest absolute Gasteiger partial charge is 0.0576 e. The van der Waals surface area contributed by atoms with Crippen molar-refractivity contribution in [3.63, 3.8) is 0 Å². The van der Waals surface area contributed by atoms with Crippen molar-refractivity contribution in [2.45, 2.75) is 50.8 Å². The Bertz CT molecular complexity index is 167. The molecular formula is C11H21NOS. The highest BCUT2D eigenvalue weighted by atomic mass is 32.2. The van der Waals surface area contributed by atoms with Gasteiger partial charge in [0.25, 0.3) is 0 Å². The second-order valence-electron chi connectivity index (χ2n) is 4.51. The van der Waals surface area contributed by atoms with Gasteiger partial charge in [0, 0.05) is 30.2 Å². The maximum atomic E-state index is 5.62. The van der Waals surface area contributed by atoms with Gasteiger partial charge in [0.15, 0.2) is 0 Å². The van der Waals surface area contributed by atoms with E-state index in [1.807, 2.05) is 11.8 Å². The van der Waals surface area contributed by atoms with Crippen molar-refractivity contribution in [1.82, 2.24) is 5.32 Å². The SMILES string of the molecule is CC(CCC1CCCO1)NC1CSC1. The molecule has 2 saturated heterocycles. The van der Waals surface area contributed by atoms with E-state index in [9.17, 15) is 0 Å². The summed E-state index contributed by atoms with van der Waals surface area (Å²) in [6.07, 6.45) is 5.63. The van der Waals surface area contributed by atoms with Gasteiger partial charge in [-0.3, -0.25) is 0 Å². The van der Waals surface area contributed by atoms with E-state index in [0.29, 0.717) is 12.1 Å². The van der Waals surface area contributed by atoms with E-state index in [-0.39, 0.29) is 0 Å². The molecule has 2 fully saturated rings. The summed E-state index contributed by atoms with van der Waals surface area (Å²) in [6.45, 7) is 3.30. The first kappa shape index (κ1) is 10.8. The molecule has 0 saturated carbocycles. The van der Waals surface area contributed by atoms with Crippen molar-refractivity contribution < 1.29 is 4.74 Å². The zero-order valence-electron chi connectivity index (χ0n) is 9.00. The fourth-order valence-electron chi connectivity index (χ4n) is 2.13. The summed E-state index contributed by atoms with van der Waals surface area (Å²) in [7, 11) is 0. The number of hydrogen-bond acceptors (Lipinski definition) is 3. The molecule has 0 aromatic heterocycles. The molecule has 2 rings (SSSR count). The van der Waals surface area contributed by atoms with E-state index in [1.54, 1.807) is 0 Å². The highest BCUT2D eigenvalue weighted by molar-refractivity contribution is 8.00. The Labute approximate surface area is 91.2 Å². The third-order valence-corrected chi connectivity index (χ3v) is 4.38. The molecule has 2 unspecified atom stereocenters. The van der Waals surface area contributed by atoms with Crippen LogP contribution >= 0.6 is 11.8 Å². The molecule has 2 heterocycles. The predicted octanol–water partition coefficient (Wildman–Crippen LogP) is 2.04. The van der Waals surface area contributed by atoms with E-state index in [1.165, 1.54) is 37.2 Å². The van der Waals surface area contributed by atoms with Crippen LogP contribution in [0.3, 0.4) is 0 Å². The van der Waals surface area contributed by atoms with Crippen LogP contribution in [0.25, 0.3) is 0 Å². The van der Waals surface area contributed by atoms with Crippen LogP contribution < -0.4 is 5.32 Å². The lowest BCUT2D eigenvalue weighted by atomic mass is 10.1. The summed E-state index contributed by atoms with van der Waals surface area (Å²) >= 11 is 2.04. The number of hydrogen-bond donors (Lipinski definition) is 1. The van der Waals surface area contributed by atoms with Crippen LogP contribution in [0.15, 0.2) is 0 Å². The summed E-state index contributed by atoms with van der Waals surface area (Å²) in [5.41, 5.74) is 0. The molecule has 0 spiro atoms. The number of thioether (sulfide) groups is 1. The van der Waals surface area contributed by atoms with Gasteiger partial charge in [-0.05, 0) is 32.6 Å². The van der Waals surface area contributed by atoms with Gasteiger partial charge in [0.2, 0.25) is 0 Å². The third-order valence-electron chi connectivity index (χ3n) is 3.10. The molecule has 2 aliphatic heterocycles. The monoisotopic (exact) mass is 215 g/mol. The van der Waals surface area contributed by atoms with E-state index >= 15 is 0 Å². The average molecular weight is 215 g/mol. The predicted molar refractivity (Wildman–Crippen MR) is 61.9 cm³/mol. The van der Waals surface area contributed by atoms with Crippen molar-refractivity contribution in [2.75, 3.05) is 18.1 Å². The van der Waals surface area contributed by atoms with Crippen molar-refractivity contribution in [2.24, 2.45) is 0 Å². The van der Waals surface area contributed by atoms with Gasteiger partial charge in [0.05, 0.1) is 6.10 Å². The van der Waals surface area contributed by atoms with Crippen LogP contribution in [0.4, 0.5) is 0 Å². The van der Waals surface area contributed by atoms with Crippen LogP contribution in [-0.4, -0.2) is 36.3 Å². The van der Waals surface area contributed by atoms with Crippen molar-refractivity contribution in [3.8, 4) is 0 Å². The number of ether oxygens (including phenoxy) is 1. The van der Waals surface area contributed by atoms with Gasteiger partial charge >= 0.3 is 0 Å². The highest BCUT2D eigenvalue weighted by Crippen LogP contribution is 2.20. The second kappa shape index (κ2) is 5.38. The van der Waals surface area contributed by atoms with Gasteiger partial charge in [-0.1, -0.05) is 0 Å². The van der Waals surface area contributed by atoms with Crippen molar-refractivity contribution in [3.05, 3.63) is 0 Å². The zero-order chi connectivity index (χ0) is 9.80. The fourth-order valence-corrected chi connectivity index (χ4v) is 2.79. The lowest BCUT2D eigenvalue weighted by Gasteiger charge is -2.29. The Kier molecular flexibility index (Phi) is 4.14. The van der Waals surface area contributed by atoms with Gasteiger partial charge in [0.1, 0.15) is 0 Å². The minimum Gasteiger partial charge on any atom is -0.378 e. The first-order chi connectivity index (χ1) is 6.84. The Balaban J connectivity index is 1.54. The van der Waals surface area contributed by atoms with Crippen molar-refractivity contribution >= 4 is 11.8 Å². The molecule has 0 aromatic carbocycles. The van der Waals surface area contributed by atoms with E-state index < -0.39 is 0 Å². The van der Waals surface area contributed by atoms with E-state index in [4.69, 9.17) is 4.74 Å². The van der Waals surface area contributed by atoms with Gasteiger partial charge in [-0.2, -0.15) is 11.8 Å². The number of rotatable bonds is 5. The number of nitrogens with one attached hydrogen (secondary N) is 1. The van der Waals surface area contributed by atoms with Crippen LogP contribution in [0.2, 0.25) is 0 Å². The Morgan fingerprint density at radius 3 is 2.93 bits per heavy atom. The first-order valence-corrected chi connectivity index (χ1v) is 6.95. The second-order valence-corrected chi connectivity index (χ2v) is 5.59. The lowest BCUT2D eigenvalue weighted by molar-refractivity contribution is 0.0998. The van der Waals surface area contributed by atoms with Crippen LogP contribution in [-0.2, 0) is 4.74 Å². The molecule has 1 N–H and O–H groups in total. The Morgan fingerprint density at radius 1 is 1.50 bits per heavy atom. The summed E-state index contributed by atoms with van der Waals surface area (Å²) in [5.74, 6) is 2.62. The van der Waals surface area contributed by atoms with E-state index in [2.05, 4.69) is 12.2 Å². The van der Waals surface area contributed by atoms with Gasteiger partial charge in [-0.25, -0.2) is 0 Å². The average Bonchev–Trinajstić information content (AvgIpc) is 2.60. The molecule has 0 aliphatic carbocycles. The molecule has 0 aromatic rings. The first-order valence-electron chi connectivity index (χ1n) is 5.80. The molecule has 0 radical (unpaired) electrons. The zero-order valence-corrected chi connectivity index (χ0v) is 9.81. The largest absolute Gasteiger partial charge is 0.378 e. The van der Waals surface area contributed by atoms with Gasteiger partial charge < -0.3 is 10.1 Å². The summed E-state index contributed by atoms with van der Waals surface area (Å²) in [6, 6.07) is 1.46. The molecule has 3 heteroatoms. The van der Waals surface area contributed by atoms with Crippen LogP contribution in [0, 0.1) is 0 Å². The molecule has 2 atom stereocenters. The van der Waals surface area contributed by atoms with E-state index in [0.717, 1.165) is 12.6 Å². The summed E-state index contributed by atoms with van der Waals surface area (Å²) in [5, 5.41) is 3.66. The Morgan fingerprint density at radius 2 is 2.36 bits per heavy atom. The minimum absolute atomic E-state index is 0.565. The maximum absolute atomic E-state index is 5.62. The topological polar surface area (TPSA) is 21.3 Å². The molecule has 2 nitrogen and oxygen atoms in total. The normalized spacial score (nSPS) is 30.2. The Hall–Kier alpha value is 0.270.